The number of H-pyrrole nitrogens is 1. The first-order valence-electron chi connectivity index (χ1n) is 6.20. The summed E-state index contributed by atoms with van der Waals surface area (Å²) in [6.07, 6.45) is 2.28. The summed E-state index contributed by atoms with van der Waals surface area (Å²) in [5.41, 5.74) is -0.115. The normalized spacial score (nSPS) is 12.9. The van der Waals surface area contributed by atoms with Crippen LogP contribution in [0, 0.1) is 0 Å². The van der Waals surface area contributed by atoms with E-state index in [-0.39, 0.29) is 5.69 Å². The zero-order chi connectivity index (χ0) is 12.7. The minimum absolute atomic E-state index is 0.115. The van der Waals surface area contributed by atoms with Gasteiger partial charge < -0.3 is 5.32 Å². The molecule has 0 saturated heterocycles. The van der Waals surface area contributed by atoms with Gasteiger partial charge in [-0.15, -0.1) is 5.10 Å². The summed E-state index contributed by atoms with van der Waals surface area (Å²) in [6, 6.07) is 0.563. The number of aromatic nitrogens is 3. The van der Waals surface area contributed by atoms with E-state index in [1.165, 1.54) is 0 Å². The summed E-state index contributed by atoms with van der Waals surface area (Å²) >= 11 is 1.65. The molecular formula is C11H22N4OS. The summed E-state index contributed by atoms with van der Waals surface area (Å²) in [7, 11) is 0. The van der Waals surface area contributed by atoms with Crippen LogP contribution >= 0.6 is 11.8 Å². The highest BCUT2D eigenvalue weighted by Crippen LogP contribution is 2.15. The van der Waals surface area contributed by atoms with Gasteiger partial charge in [-0.25, -0.2) is 9.89 Å². The molecule has 17 heavy (non-hydrogen) atoms. The zero-order valence-corrected chi connectivity index (χ0v) is 11.6. The predicted octanol–water partition coefficient (Wildman–Crippen LogP) is 1.46. The van der Waals surface area contributed by atoms with Gasteiger partial charge in [0.05, 0.1) is 0 Å². The fourth-order valence-corrected chi connectivity index (χ4v) is 2.67. The Labute approximate surface area is 106 Å². The van der Waals surface area contributed by atoms with Crippen molar-refractivity contribution in [3.8, 4) is 0 Å². The molecular weight excluding hydrogens is 236 g/mol. The quantitative estimate of drug-likeness (QED) is 0.547. The van der Waals surface area contributed by atoms with Gasteiger partial charge >= 0.3 is 5.69 Å². The van der Waals surface area contributed by atoms with Crippen LogP contribution in [-0.2, 0) is 6.54 Å². The van der Waals surface area contributed by atoms with Crippen LogP contribution in [-0.4, -0.2) is 33.1 Å². The van der Waals surface area contributed by atoms with Gasteiger partial charge in [-0.1, -0.05) is 18.7 Å². The van der Waals surface area contributed by atoms with Crippen molar-refractivity contribution in [1.29, 1.82) is 0 Å². The van der Waals surface area contributed by atoms with Crippen LogP contribution in [0.2, 0.25) is 0 Å². The third-order valence-electron chi connectivity index (χ3n) is 2.60. The molecule has 0 aromatic carbocycles. The summed E-state index contributed by atoms with van der Waals surface area (Å²) in [4.78, 5) is 11.3. The third-order valence-corrected chi connectivity index (χ3v) is 3.67. The lowest BCUT2D eigenvalue weighted by Gasteiger charge is -2.11. The number of nitrogens with zero attached hydrogens (tertiary/aromatic N) is 2. The van der Waals surface area contributed by atoms with Crippen molar-refractivity contribution < 1.29 is 0 Å². The Kier molecular flexibility index (Phi) is 6.36. The molecule has 1 heterocycles. The van der Waals surface area contributed by atoms with Crippen LogP contribution < -0.4 is 11.0 Å². The van der Waals surface area contributed by atoms with Crippen LogP contribution in [0.4, 0.5) is 0 Å². The fourth-order valence-electron chi connectivity index (χ4n) is 1.70. The second-order valence-electron chi connectivity index (χ2n) is 4.01. The average Bonchev–Trinajstić information content (AvgIpc) is 2.66. The van der Waals surface area contributed by atoms with E-state index in [0.29, 0.717) is 12.6 Å². The van der Waals surface area contributed by atoms with Crippen LogP contribution in [0.3, 0.4) is 0 Å². The summed E-state index contributed by atoms with van der Waals surface area (Å²) < 4.78 is 1.67. The molecule has 0 aliphatic rings. The Morgan fingerprint density at radius 2 is 2.29 bits per heavy atom. The Balaban J connectivity index is 2.29. The summed E-state index contributed by atoms with van der Waals surface area (Å²) in [6.45, 7) is 7.96. The molecule has 6 heteroatoms. The number of nitrogens with one attached hydrogen (secondary N) is 2. The SMILES string of the molecule is CCNC(C)CCCSc1n[nH]c(=O)n1CC. The van der Waals surface area contributed by atoms with Crippen LogP contribution in [0.5, 0.6) is 0 Å². The van der Waals surface area contributed by atoms with Gasteiger partial charge in [0.15, 0.2) is 5.16 Å². The highest BCUT2D eigenvalue weighted by atomic mass is 32.2. The van der Waals surface area contributed by atoms with Gasteiger partial charge in [0.2, 0.25) is 0 Å². The van der Waals surface area contributed by atoms with E-state index in [1.807, 2.05) is 6.92 Å². The van der Waals surface area contributed by atoms with E-state index in [2.05, 4.69) is 29.4 Å². The van der Waals surface area contributed by atoms with E-state index >= 15 is 0 Å². The summed E-state index contributed by atoms with van der Waals surface area (Å²) in [5.74, 6) is 1.00. The van der Waals surface area contributed by atoms with Crippen molar-refractivity contribution in [2.24, 2.45) is 0 Å². The lowest BCUT2D eigenvalue weighted by molar-refractivity contribution is 0.526. The molecule has 1 rings (SSSR count). The Morgan fingerprint density at radius 3 is 2.94 bits per heavy atom. The first-order valence-corrected chi connectivity index (χ1v) is 7.19. The van der Waals surface area contributed by atoms with E-state index < -0.39 is 0 Å². The van der Waals surface area contributed by atoms with E-state index in [0.717, 1.165) is 30.3 Å². The van der Waals surface area contributed by atoms with Gasteiger partial charge in [0.25, 0.3) is 0 Å². The highest BCUT2D eigenvalue weighted by Gasteiger charge is 2.07. The van der Waals surface area contributed by atoms with Crippen molar-refractivity contribution >= 4 is 11.8 Å². The topological polar surface area (TPSA) is 62.7 Å². The van der Waals surface area contributed by atoms with Crippen molar-refractivity contribution in [2.45, 2.75) is 51.4 Å². The molecule has 0 bridgehead atoms. The molecule has 1 atom stereocenters. The molecule has 1 aromatic heterocycles. The van der Waals surface area contributed by atoms with Crippen molar-refractivity contribution in [3.05, 3.63) is 10.5 Å². The highest BCUT2D eigenvalue weighted by molar-refractivity contribution is 7.99. The second-order valence-corrected chi connectivity index (χ2v) is 5.07. The Bertz CT molecular complexity index is 374. The van der Waals surface area contributed by atoms with Gasteiger partial charge in [-0.05, 0) is 33.2 Å². The average molecular weight is 258 g/mol. The molecule has 0 fully saturated rings. The fraction of sp³-hybridized carbons (Fsp3) is 0.818. The van der Waals surface area contributed by atoms with Crippen molar-refractivity contribution in [3.63, 3.8) is 0 Å². The predicted molar refractivity (Wildman–Crippen MR) is 71.6 cm³/mol. The molecule has 1 unspecified atom stereocenters. The minimum atomic E-state index is -0.115. The standard InChI is InChI=1S/C11H22N4OS/c1-4-12-9(3)7-6-8-17-11-14-13-10(16)15(11)5-2/h9,12H,4-8H2,1-3H3,(H,13,16). The molecule has 5 nitrogen and oxygen atoms in total. The molecule has 0 aliphatic carbocycles. The smallest absolute Gasteiger partial charge is 0.315 e. The van der Waals surface area contributed by atoms with E-state index in [1.54, 1.807) is 16.3 Å². The van der Waals surface area contributed by atoms with Gasteiger partial charge in [-0.3, -0.25) is 4.57 Å². The maximum Gasteiger partial charge on any atom is 0.343 e. The monoisotopic (exact) mass is 258 g/mol. The molecule has 0 spiro atoms. The number of hydrogen-bond acceptors (Lipinski definition) is 4. The number of thioether (sulfide) groups is 1. The maximum absolute atomic E-state index is 11.3. The largest absolute Gasteiger partial charge is 0.343 e. The lowest BCUT2D eigenvalue weighted by atomic mass is 10.2. The second kappa shape index (κ2) is 7.55. The number of hydrogen-bond donors (Lipinski definition) is 2. The Hall–Kier alpha value is -0.750. The Morgan fingerprint density at radius 1 is 1.53 bits per heavy atom. The molecule has 0 aliphatic heterocycles. The third kappa shape index (κ3) is 4.55. The minimum Gasteiger partial charge on any atom is -0.315 e. The molecule has 0 saturated carbocycles. The van der Waals surface area contributed by atoms with Gasteiger partial charge in [0.1, 0.15) is 0 Å². The van der Waals surface area contributed by atoms with Crippen LogP contribution in [0.25, 0.3) is 0 Å². The van der Waals surface area contributed by atoms with Crippen LogP contribution in [0.1, 0.15) is 33.6 Å². The van der Waals surface area contributed by atoms with Gasteiger partial charge in [-0.2, -0.15) is 0 Å². The lowest BCUT2D eigenvalue weighted by Crippen LogP contribution is -2.25. The number of aromatic amines is 1. The first-order chi connectivity index (χ1) is 8.19. The first kappa shape index (κ1) is 14.3. The summed E-state index contributed by atoms with van der Waals surface area (Å²) in [5, 5.41) is 10.7. The van der Waals surface area contributed by atoms with E-state index in [9.17, 15) is 4.79 Å². The van der Waals surface area contributed by atoms with Crippen molar-refractivity contribution in [2.75, 3.05) is 12.3 Å². The molecule has 0 amide bonds. The van der Waals surface area contributed by atoms with Crippen LogP contribution in [0.15, 0.2) is 9.95 Å². The molecule has 98 valence electrons. The maximum atomic E-state index is 11.3. The molecule has 2 N–H and O–H groups in total. The van der Waals surface area contributed by atoms with Crippen molar-refractivity contribution in [1.82, 2.24) is 20.1 Å². The van der Waals surface area contributed by atoms with E-state index in [4.69, 9.17) is 0 Å². The number of rotatable bonds is 8. The molecule has 0 radical (unpaired) electrons. The van der Waals surface area contributed by atoms with Gasteiger partial charge in [0, 0.05) is 18.3 Å². The zero-order valence-electron chi connectivity index (χ0n) is 10.8. The molecule has 1 aromatic rings.